The van der Waals surface area contributed by atoms with Gasteiger partial charge in [-0.25, -0.2) is 4.98 Å². The highest BCUT2D eigenvalue weighted by Gasteiger charge is 2.25. The van der Waals surface area contributed by atoms with E-state index < -0.39 is 5.25 Å². The second-order valence-electron chi connectivity index (χ2n) is 7.42. The maximum Gasteiger partial charge on any atom is 0.262 e. The molecule has 0 aliphatic carbocycles. The average Bonchev–Trinajstić information content (AvgIpc) is 2.82. The highest BCUT2D eigenvalue weighted by molar-refractivity contribution is 8.00. The minimum Gasteiger partial charge on any atom is -0.383 e. The summed E-state index contributed by atoms with van der Waals surface area (Å²) in [7, 11) is 1.57. The van der Waals surface area contributed by atoms with Crippen molar-refractivity contribution in [2.24, 2.45) is 0 Å². The molecule has 0 aliphatic heterocycles. The molecule has 9 heteroatoms. The molecule has 4 rings (SSSR count). The number of nitrogens with zero attached hydrogens (tertiary/aromatic N) is 2. The van der Waals surface area contributed by atoms with Crippen molar-refractivity contribution in [3.05, 3.63) is 98.8 Å². The van der Waals surface area contributed by atoms with Crippen LogP contribution >= 0.6 is 35.0 Å². The maximum atomic E-state index is 13.5. The smallest absolute Gasteiger partial charge is 0.262 e. The topological polar surface area (TPSA) is 73.2 Å². The molecule has 1 N–H and O–H groups in total. The number of ether oxygens (including phenoxy) is 1. The van der Waals surface area contributed by atoms with Gasteiger partial charge >= 0.3 is 0 Å². The van der Waals surface area contributed by atoms with Crippen LogP contribution in [0.4, 0.5) is 5.69 Å². The van der Waals surface area contributed by atoms with E-state index in [1.807, 2.05) is 36.4 Å². The van der Waals surface area contributed by atoms with Crippen molar-refractivity contribution in [3.63, 3.8) is 0 Å². The number of methoxy groups -OCH3 is 1. The van der Waals surface area contributed by atoms with Crippen LogP contribution in [0.25, 0.3) is 10.9 Å². The fraction of sp³-hybridized carbons (Fsp3) is 0.160. The van der Waals surface area contributed by atoms with Crippen LogP contribution < -0.4 is 10.9 Å². The zero-order chi connectivity index (χ0) is 24.1. The number of rotatable bonds is 8. The van der Waals surface area contributed by atoms with Gasteiger partial charge in [0, 0.05) is 22.8 Å². The summed E-state index contributed by atoms with van der Waals surface area (Å²) in [6.07, 6.45) is 0. The highest BCUT2D eigenvalue weighted by atomic mass is 35.5. The van der Waals surface area contributed by atoms with E-state index in [-0.39, 0.29) is 11.5 Å². The third-order valence-electron chi connectivity index (χ3n) is 5.04. The number of anilines is 1. The summed E-state index contributed by atoms with van der Waals surface area (Å²) in [5.41, 5.74) is 1.63. The molecule has 0 bridgehead atoms. The molecule has 0 fully saturated rings. The molecule has 34 heavy (non-hydrogen) atoms. The van der Waals surface area contributed by atoms with E-state index in [0.29, 0.717) is 44.9 Å². The Bertz CT molecular complexity index is 1360. The van der Waals surface area contributed by atoms with Gasteiger partial charge in [0.15, 0.2) is 5.16 Å². The van der Waals surface area contributed by atoms with Gasteiger partial charge in [-0.05, 0) is 35.9 Å². The summed E-state index contributed by atoms with van der Waals surface area (Å²) in [4.78, 5) is 31.4. The summed E-state index contributed by atoms with van der Waals surface area (Å²) in [5.74, 6) is -0.296. The SMILES string of the molecule is COCCn1c(SC(C(=O)Nc2cc(Cl)cc(Cl)c2)c2ccccc2)nc2ccccc2c1=O. The quantitative estimate of drug-likeness (QED) is 0.237. The Hall–Kier alpha value is -2.84. The first kappa shape index (κ1) is 24.3. The molecule has 1 aromatic heterocycles. The molecule has 1 atom stereocenters. The van der Waals surface area contributed by atoms with E-state index in [1.54, 1.807) is 48.1 Å². The summed E-state index contributed by atoms with van der Waals surface area (Å²) in [6, 6.07) is 21.3. The minimum atomic E-state index is -0.694. The van der Waals surface area contributed by atoms with Crippen molar-refractivity contribution in [1.29, 1.82) is 0 Å². The fourth-order valence-corrected chi connectivity index (χ4v) is 5.11. The number of thioether (sulfide) groups is 1. The number of benzene rings is 3. The van der Waals surface area contributed by atoms with E-state index >= 15 is 0 Å². The van der Waals surface area contributed by atoms with Crippen LogP contribution in [-0.4, -0.2) is 29.2 Å². The standard InChI is InChI=1S/C25H21Cl2N3O3S/c1-33-12-11-30-24(32)20-9-5-6-10-21(20)29-25(30)34-22(16-7-3-2-4-8-16)23(31)28-19-14-17(26)13-18(27)15-19/h2-10,13-15,22H,11-12H2,1H3,(H,28,31). The molecule has 0 radical (unpaired) electrons. The lowest BCUT2D eigenvalue weighted by Crippen LogP contribution is -2.26. The van der Waals surface area contributed by atoms with Gasteiger partial charge in [-0.3, -0.25) is 14.2 Å². The molecule has 0 aliphatic rings. The number of aromatic nitrogens is 2. The van der Waals surface area contributed by atoms with Gasteiger partial charge < -0.3 is 10.1 Å². The van der Waals surface area contributed by atoms with E-state index in [4.69, 9.17) is 32.9 Å². The number of hydrogen-bond donors (Lipinski definition) is 1. The van der Waals surface area contributed by atoms with Gasteiger partial charge in [-0.2, -0.15) is 0 Å². The number of nitrogens with one attached hydrogen (secondary N) is 1. The zero-order valence-corrected chi connectivity index (χ0v) is 20.5. The van der Waals surface area contributed by atoms with Crippen molar-refractivity contribution in [3.8, 4) is 0 Å². The molecule has 3 aromatic carbocycles. The van der Waals surface area contributed by atoms with E-state index in [9.17, 15) is 9.59 Å². The number of para-hydroxylation sites is 1. The van der Waals surface area contributed by atoms with E-state index in [0.717, 1.165) is 5.56 Å². The molecule has 174 valence electrons. The highest BCUT2D eigenvalue weighted by Crippen LogP contribution is 2.36. The lowest BCUT2D eigenvalue weighted by molar-refractivity contribution is -0.115. The first-order chi connectivity index (χ1) is 16.5. The van der Waals surface area contributed by atoms with Crippen LogP contribution in [0.1, 0.15) is 10.8 Å². The second kappa shape index (κ2) is 11.1. The Labute approximate surface area is 210 Å². The molecule has 0 spiro atoms. The maximum absolute atomic E-state index is 13.5. The molecular weight excluding hydrogens is 493 g/mol. The lowest BCUT2D eigenvalue weighted by Gasteiger charge is -2.19. The van der Waals surface area contributed by atoms with Crippen LogP contribution in [-0.2, 0) is 16.1 Å². The minimum absolute atomic E-state index is 0.181. The van der Waals surface area contributed by atoms with Crippen LogP contribution in [0.5, 0.6) is 0 Å². The van der Waals surface area contributed by atoms with Crippen molar-refractivity contribution in [2.75, 3.05) is 19.0 Å². The first-order valence-electron chi connectivity index (χ1n) is 10.4. The van der Waals surface area contributed by atoms with Crippen LogP contribution in [0, 0.1) is 0 Å². The summed E-state index contributed by atoms with van der Waals surface area (Å²) in [6.45, 7) is 0.638. The Morgan fingerprint density at radius 2 is 1.74 bits per heavy atom. The third kappa shape index (κ3) is 5.62. The molecule has 0 saturated carbocycles. The predicted octanol–water partition coefficient (Wildman–Crippen LogP) is 5.82. The number of fused-ring (bicyclic) bond motifs is 1. The Morgan fingerprint density at radius 3 is 2.44 bits per heavy atom. The van der Waals surface area contributed by atoms with Crippen molar-refractivity contribution in [1.82, 2.24) is 9.55 Å². The molecule has 6 nitrogen and oxygen atoms in total. The van der Waals surface area contributed by atoms with Gasteiger partial charge in [0.25, 0.3) is 5.56 Å². The van der Waals surface area contributed by atoms with Crippen LogP contribution in [0.15, 0.2) is 82.7 Å². The molecular formula is C25H21Cl2N3O3S. The van der Waals surface area contributed by atoms with E-state index in [1.165, 1.54) is 11.8 Å². The molecule has 1 amide bonds. The van der Waals surface area contributed by atoms with Crippen molar-refractivity contribution >= 4 is 57.5 Å². The second-order valence-corrected chi connectivity index (χ2v) is 9.36. The number of carbonyl (C=O) groups is 1. The molecule has 0 saturated heterocycles. The average molecular weight is 514 g/mol. The third-order valence-corrected chi connectivity index (χ3v) is 6.72. The van der Waals surface area contributed by atoms with E-state index in [2.05, 4.69) is 5.32 Å². The van der Waals surface area contributed by atoms with Gasteiger partial charge in [-0.1, -0.05) is 77.4 Å². The molecule has 4 aromatic rings. The number of hydrogen-bond acceptors (Lipinski definition) is 5. The fourth-order valence-electron chi connectivity index (χ4n) is 3.46. The largest absolute Gasteiger partial charge is 0.383 e. The van der Waals surface area contributed by atoms with Gasteiger partial charge in [0.2, 0.25) is 5.91 Å². The molecule has 1 unspecified atom stereocenters. The summed E-state index contributed by atoms with van der Waals surface area (Å²) >= 11 is 13.4. The Kier molecular flexibility index (Phi) is 7.90. The van der Waals surface area contributed by atoms with Crippen molar-refractivity contribution in [2.45, 2.75) is 17.0 Å². The van der Waals surface area contributed by atoms with Crippen LogP contribution in [0.3, 0.4) is 0 Å². The predicted molar refractivity (Wildman–Crippen MR) is 138 cm³/mol. The molecule has 1 heterocycles. The number of amides is 1. The Balaban J connectivity index is 1.76. The van der Waals surface area contributed by atoms with Crippen molar-refractivity contribution < 1.29 is 9.53 Å². The van der Waals surface area contributed by atoms with Gasteiger partial charge in [0.1, 0.15) is 5.25 Å². The zero-order valence-electron chi connectivity index (χ0n) is 18.2. The Morgan fingerprint density at radius 1 is 1.06 bits per heavy atom. The number of halogens is 2. The lowest BCUT2D eigenvalue weighted by atomic mass is 10.1. The van der Waals surface area contributed by atoms with Crippen LogP contribution in [0.2, 0.25) is 10.0 Å². The monoisotopic (exact) mass is 513 g/mol. The van der Waals surface area contributed by atoms with Gasteiger partial charge in [0.05, 0.1) is 24.1 Å². The summed E-state index contributed by atoms with van der Waals surface area (Å²) in [5, 5.41) is 3.96. The number of carbonyl (C=O) groups excluding carboxylic acids is 1. The van der Waals surface area contributed by atoms with Gasteiger partial charge in [-0.15, -0.1) is 0 Å². The normalized spacial score (nSPS) is 12.0. The summed E-state index contributed by atoms with van der Waals surface area (Å²) < 4.78 is 6.76. The first-order valence-corrected chi connectivity index (χ1v) is 12.1.